The van der Waals surface area contributed by atoms with Crippen molar-refractivity contribution in [2.24, 2.45) is 0 Å². The van der Waals surface area contributed by atoms with Gasteiger partial charge in [0.05, 0.1) is 0 Å². The second kappa shape index (κ2) is 11.9. The van der Waals surface area contributed by atoms with Gasteiger partial charge in [0.25, 0.3) is 0 Å². The van der Waals surface area contributed by atoms with Crippen molar-refractivity contribution in [3.05, 3.63) is 80.7 Å². The Morgan fingerprint density at radius 3 is 0.919 bits per heavy atom. The second-order valence-corrected chi connectivity index (χ2v) is 19.0. The summed E-state index contributed by atoms with van der Waals surface area (Å²) in [6, 6.07) is 29.8. The molecule has 0 bridgehead atoms. The van der Waals surface area contributed by atoms with Crippen LogP contribution in [0, 0.1) is 45.3 Å². The first kappa shape index (κ1) is 26.1. The second-order valence-electron chi connectivity index (χ2n) is 7.46. The van der Waals surface area contributed by atoms with Gasteiger partial charge in [0.15, 0.2) is 0 Å². The number of hydrogen-bond donors (Lipinski definition) is 0. The van der Waals surface area contributed by atoms with Crippen molar-refractivity contribution in [2.75, 3.05) is 0 Å². The fourth-order valence-electron chi connectivity index (χ4n) is 3.40. The molecule has 0 aliphatic rings. The molecule has 0 saturated carbocycles. The van der Waals surface area contributed by atoms with Crippen molar-refractivity contribution in [1.82, 2.24) is 0 Å². The van der Waals surface area contributed by atoms with Gasteiger partial charge in [-0.1, -0.05) is 0 Å². The summed E-state index contributed by atoms with van der Waals surface area (Å²) in [5.41, 5.74) is 0.327. The van der Waals surface area contributed by atoms with Crippen LogP contribution in [-0.4, -0.2) is 72.5 Å². The van der Waals surface area contributed by atoms with Crippen LogP contribution < -0.4 is 0 Å². The average Bonchev–Trinajstić information content (AvgIpc) is 3.74. The van der Waals surface area contributed by atoms with E-state index in [0.29, 0.717) is 14.5 Å². The zero-order valence-corrected chi connectivity index (χ0v) is 27.3. The van der Waals surface area contributed by atoms with Crippen LogP contribution in [0.25, 0.3) is 47.7 Å². The molecular formula is C28H12N4Se5. The van der Waals surface area contributed by atoms with Crippen LogP contribution in [0.5, 0.6) is 0 Å². The fourth-order valence-corrected chi connectivity index (χ4v) is 16.0. The van der Waals surface area contributed by atoms with Crippen LogP contribution in [0.15, 0.2) is 71.8 Å². The molecule has 0 radical (unpaired) electrons. The van der Waals surface area contributed by atoms with E-state index in [0.717, 1.165) is 8.87 Å². The number of nitrogens with zero attached hydrogens (tertiary/aromatic N) is 4. The van der Waals surface area contributed by atoms with Gasteiger partial charge >= 0.3 is 246 Å². The van der Waals surface area contributed by atoms with E-state index in [2.05, 4.69) is 48.5 Å². The normalized spacial score (nSPS) is 10.1. The molecule has 0 aliphatic heterocycles. The minimum atomic E-state index is 0.138. The Kier molecular flexibility index (Phi) is 8.36. The van der Waals surface area contributed by atoms with Crippen LogP contribution >= 0.6 is 0 Å². The SMILES string of the molecule is N#CC(C#N)=Cc1ccc(-c2ccc(-c3ccc(-c4ccc(-c5ccc(C=C(C#N)C#N)[se]5)[se]4)[se]3)[se]2)[se]1. The van der Waals surface area contributed by atoms with Gasteiger partial charge in [-0.25, -0.2) is 0 Å². The van der Waals surface area contributed by atoms with Gasteiger partial charge in [0, 0.05) is 0 Å². The Bertz CT molecular complexity index is 1670. The van der Waals surface area contributed by atoms with Crippen LogP contribution in [0.4, 0.5) is 0 Å². The quantitative estimate of drug-likeness (QED) is 0.187. The molecule has 0 fully saturated rings. The summed E-state index contributed by atoms with van der Waals surface area (Å²) in [5, 5.41) is 36.0. The number of nitriles is 4. The zero-order valence-electron chi connectivity index (χ0n) is 18.8. The van der Waals surface area contributed by atoms with Crippen LogP contribution in [0.2, 0.25) is 0 Å². The van der Waals surface area contributed by atoms with Crippen LogP contribution in [-0.2, 0) is 0 Å². The van der Waals surface area contributed by atoms with E-state index in [-0.39, 0.29) is 69.2 Å². The van der Waals surface area contributed by atoms with E-state index in [1.54, 1.807) is 12.2 Å². The predicted molar refractivity (Wildman–Crippen MR) is 151 cm³/mol. The maximum absolute atomic E-state index is 9.01. The van der Waals surface area contributed by atoms with Crippen molar-refractivity contribution in [3.63, 3.8) is 0 Å². The summed E-state index contributed by atoms with van der Waals surface area (Å²) in [4.78, 5) is 0. The molecule has 0 unspecified atom stereocenters. The molecular weight excluding hydrogens is 787 g/mol. The topological polar surface area (TPSA) is 95.2 Å². The number of allylic oxidation sites excluding steroid dienone is 2. The molecule has 37 heavy (non-hydrogen) atoms. The van der Waals surface area contributed by atoms with Crippen molar-refractivity contribution >= 4 is 84.7 Å². The summed E-state index contributed by atoms with van der Waals surface area (Å²) < 4.78 is 13.5. The minimum absolute atomic E-state index is 0.138. The first-order valence-electron chi connectivity index (χ1n) is 10.6. The van der Waals surface area contributed by atoms with E-state index in [9.17, 15) is 0 Å². The molecule has 0 amide bonds. The fraction of sp³-hybridized carbons (Fsp3) is 0. The molecule has 0 saturated heterocycles. The average molecular weight is 799 g/mol. The molecule has 0 N–H and O–H groups in total. The Balaban J connectivity index is 1.34. The Morgan fingerprint density at radius 1 is 0.405 bits per heavy atom. The Morgan fingerprint density at radius 2 is 0.649 bits per heavy atom. The summed E-state index contributed by atoms with van der Waals surface area (Å²) in [7, 11) is 0. The molecule has 0 aliphatic carbocycles. The van der Waals surface area contributed by atoms with Crippen LogP contribution in [0.3, 0.4) is 0 Å². The van der Waals surface area contributed by atoms with Gasteiger partial charge in [-0.15, -0.1) is 0 Å². The van der Waals surface area contributed by atoms with Crippen molar-refractivity contribution in [1.29, 1.82) is 21.0 Å². The Labute approximate surface area is 244 Å². The predicted octanol–water partition coefficient (Wildman–Crippen LogP) is 4.50. The summed E-state index contributed by atoms with van der Waals surface area (Å²) in [6.45, 7) is 0. The van der Waals surface area contributed by atoms with Crippen molar-refractivity contribution in [3.8, 4) is 59.8 Å². The van der Waals surface area contributed by atoms with E-state index in [1.165, 1.54) is 35.5 Å². The van der Waals surface area contributed by atoms with E-state index < -0.39 is 0 Å². The third-order valence-corrected chi connectivity index (χ3v) is 19.4. The van der Waals surface area contributed by atoms with Crippen LogP contribution in [0.1, 0.15) is 8.87 Å². The summed E-state index contributed by atoms with van der Waals surface area (Å²) >= 11 is 1.14. The van der Waals surface area contributed by atoms with E-state index >= 15 is 0 Å². The molecule has 0 atom stereocenters. The van der Waals surface area contributed by atoms with E-state index in [4.69, 9.17) is 21.0 Å². The van der Waals surface area contributed by atoms with Crippen molar-refractivity contribution < 1.29 is 0 Å². The molecule has 174 valence electrons. The van der Waals surface area contributed by atoms with Crippen molar-refractivity contribution in [2.45, 2.75) is 0 Å². The third-order valence-electron chi connectivity index (χ3n) is 5.10. The molecule has 5 heterocycles. The summed E-state index contributed by atoms with van der Waals surface area (Å²) in [5.74, 6) is 0. The molecule has 5 aromatic heterocycles. The molecule has 9 heteroatoms. The van der Waals surface area contributed by atoms with E-state index in [1.807, 2.05) is 36.4 Å². The zero-order chi connectivity index (χ0) is 25.8. The number of rotatable bonds is 6. The van der Waals surface area contributed by atoms with Gasteiger partial charge in [0.1, 0.15) is 0 Å². The summed E-state index contributed by atoms with van der Waals surface area (Å²) in [6.07, 6.45) is 3.43. The molecule has 0 spiro atoms. The molecule has 4 nitrogen and oxygen atoms in total. The first-order valence-corrected chi connectivity index (χ1v) is 19.2. The molecule has 5 aromatic rings. The van der Waals surface area contributed by atoms with Gasteiger partial charge in [-0.05, 0) is 0 Å². The molecule has 0 aromatic carbocycles. The monoisotopic (exact) mass is 804 g/mol. The number of hydrogen-bond acceptors (Lipinski definition) is 4. The third kappa shape index (κ3) is 5.96. The first-order chi connectivity index (χ1) is 18.1. The van der Waals surface area contributed by atoms with Gasteiger partial charge in [-0.2, -0.15) is 0 Å². The van der Waals surface area contributed by atoms with Gasteiger partial charge in [-0.3, -0.25) is 0 Å². The van der Waals surface area contributed by atoms with Gasteiger partial charge in [0.2, 0.25) is 0 Å². The maximum atomic E-state index is 9.01. The Hall–Kier alpha value is -2.56. The standard InChI is InChI=1S/C28H12N4Se5/c29-13-17(14-30)11-19-1-3-21(33-19)23-5-7-25(35-23)27-9-10-28(37-27)26-8-6-24(36-26)22-4-2-20(34-22)12-18(15-31)16-32/h1-12H. The van der Waals surface area contributed by atoms with Gasteiger partial charge < -0.3 is 0 Å². The molecule has 5 rings (SSSR count).